The van der Waals surface area contributed by atoms with Gasteiger partial charge in [0.1, 0.15) is 17.3 Å². The zero-order valence-electron chi connectivity index (χ0n) is 15.9. The second-order valence-electron chi connectivity index (χ2n) is 6.96. The standard InChI is InChI=1S/C20H24N6OS/c1-16-5-6-18(27-16)7-8-19-22-20(28)26(23-19)15-25-12-10-24(11-13-25)14-17-4-2-3-9-21-17/h2-9H,10-15H2,1H3,(H,22,23,28)/b8-7+. The fraction of sp³-hybridized carbons (Fsp3) is 0.350. The highest BCUT2D eigenvalue weighted by Crippen LogP contribution is 2.11. The smallest absolute Gasteiger partial charge is 0.217 e. The number of aromatic amines is 1. The van der Waals surface area contributed by atoms with Crippen molar-refractivity contribution in [3.63, 3.8) is 0 Å². The van der Waals surface area contributed by atoms with Crippen LogP contribution >= 0.6 is 12.2 Å². The van der Waals surface area contributed by atoms with Crippen LogP contribution in [0.3, 0.4) is 0 Å². The lowest BCUT2D eigenvalue weighted by Crippen LogP contribution is -2.46. The average molecular weight is 397 g/mol. The first-order chi connectivity index (χ1) is 13.7. The molecule has 3 aromatic heterocycles. The van der Waals surface area contributed by atoms with Crippen LogP contribution in [0.1, 0.15) is 23.0 Å². The van der Waals surface area contributed by atoms with Crippen molar-refractivity contribution in [2.24, 2.45) is 0 Å². The molecule has 1 N–H and O–H groups in total. The van der Waals surface area contributed by atoms with Crippen LogP contribution < -0.4 is 0 Å². The number of aryl methyl sites for hydroxylation is 1. The van der Waals surface area contributed by atoms with Gasteiger partial charge in [0.25, 0.3) is 0 Å². The van der Waals surface area contributed by atoms with Crippen LogP contribution in [0.2, 0.25) is 0 Å². The molecule has 1 saturated heterocycles. The molecule has 3 aromatic rings. The number of nitrogens with zero attached hydrogens (tertiary/aromatic N) is 5. The molecule has 0 amide bonds. The molecule has 0 atom stereocenters. The summed E-state index contributed by atoms with van der Waals surface area (Å²) >= 11 is 5.40. The molecular weight excluding hydrogens is 372 g/mol. The van der Waals surface area contributed by atoms with Gasteiger partial charge < -0.3 is 4.42 Å². The molecule has 1 fully saturated rings. The van der Waals surface area contributed by atoms with E-state index in [1.807, 2.05) is 54.2 Å². The summed E-state index contributed by atoms with van der Waals surface area (Å²) in [5, 5.41) is 3.26. The quantitative estimate of drug-likeness (QED) is 0.646. The maximum absolute atomic E-state index is 5.54. The van der Waals surface area contributed by atoms with Gasteiger partial charge in [-0.25, -0.2) is 4.68 Å². The Balaban J connectivity index is 1.31. The van der Waals surface area contributed by atoms with Gasteiger partial charge in [-0.05, 0) is 55.6 Å². The predicted octanol–water partition coefficient (Wildman–Crippen LogP) is 3.18. The van der Waals surface area contributed by atoms with Gasteiger partial charge in [0.15, 0.2) is 0 Å². The molecule has 146 valence electrons. The van der Waals surface area contributed by atoms with Gasteiger partial charge in [-0.2, -0.15) is 4.98 Å². The second-order valence-corrected chi connectivity index (χ2v) is 7.32. The topological polar surface area (TPSA) is 66.1 Å². The molecule has 7 nitrogen and oxygen atoms in total. The molecule has 4 heterocycles. The van der Waals surface area contributed by atoms with Crippen molar-refractivity contribution in [3.05, 3.63) is 64.3 Å². The molecule has 1 aliphatic heterocycles. The molecule has 0 unspecified atom stereocenters. The molecule has 0 spiro atoms. The van der Waals surface area contributed by atoms with Crippen LogP contribution in [0.25, 0.3) is 12.2 Å². The van der Waals surface area contributed by atoms with Gasteiger partial charge in [-0.1, -0.05) is 6.07 Å². The molecule has 0 saturated carbocycles. The number of rotatable bonds is 6. The molecule has 0 aliphatic carbocycles. The third kappa shape index (κ3) is 4.83. The van der Waals surface area contributed by atoms with Gasteiger partial charge in [-0.3, -0.25) is 19.9 Å². The van der Waals surface area contributed by atoms with E-state index < -0.39 is 0 Å². The van der Waals surface area contributed by atoms with Crippen LogP contribution in [0, 0.1) is 11.7 Å². The molecule has 0 aromatic carbocycles. The van der Waals surface area contributed by atoms with Crippen LogP contribution in [0.15, 0.2) is 40.9 Å². The minimum Gasteiger partial charge on any atom is -0.462 e. The summed E-state index contributed by atoms with van der Waals surface area (Å²) in [7, 11) is 0. The molecule has 0 radical (unpaired) electrons. The SMILES string of the molecule is Cc1ccc(/C=C/c2nc(=S)n(CN3CCN(Cc4ccccn4)CC3)[nH]2)o1. The molecule has 1 aliphatic rings. The third-order valence-electron chi connectivity index (χ3n) is 4.78. The zero-order chi connectivity index (χ0) is 19.3. The number of pyridine rings is 1. The lowest BCUT2D eigenvalue weighted by molar-refractivity contribution is 0.0974. The second kappa shape index (κ2) is 8.64. The highest BCUT2D eigenvalue weighted by molar-refractivity contribution is 7.71. The van der Waals surface area contributed by atoms with E-state index in [0.717, 1.165) is 62.4 Å². The van der Waals surface area contributed by atoms with Crippen LogP contribution in [0.4, 0.5) is 0 Å². The van der Waals surface area contributed by atoms with Crippen molar-refractivity contribution in [1.82, 2.24) is 29.5 Å². The predicted molar refractivity (Wildman–Crippen MR) is 111 cm³/mol. The van der Waals surface area contributed by atoms with Crippen molar-refractivity contribution in [1.29, 1.82) is 0 Å². The van der Waals surface area contributed by atoms with Crippen LogP contribution in [0.5, 0.6) is 0 Å². The Morgan fingerprint density at radius 3 is 2.64 bits per heavy atom. The summed E-state index contributed by atoms with van der Waals surface area (Å²) < 4.78 is 8.01. The zero-order valence-corrected chi connectivity index (χ0v) is 16.7. The first-order valence-corrected chi connectivity index (χ1v) is 9.82. The number of hydrogen-bond acceptors (Lipinski definition) is 6. The van der Waals surface area contributed by atoms with Crippen LogP contribution in [-0.2, 0) is 13.2 Å². The van der Waals surface area contributed by atoms with Gasteiger partial charge in [0.2, 0.25) is 4.77 Å². The maximum atomic E-state index is 5.54. The summed E-state index contributed by atoms with van der Waals surface area (Å²) in [5.74, 6) is 2.42. The minimum atomic E-state index is 0.561. The van der Waals surface area contributed by atoms with Crippen LogP contribution in [-0.4, -0.2) is 55.7 Å². The number of furan rings is 1. The summed E-state index contributed by atoms with van der Waals surface area (Å²) in [6.45, 7) is 7.56. The molecule has 28 heavy (non-hydrogen) atoms. The summed E-state index contributed by atoms with van der Waals surface area (Å²) in [5.41, 5.74) is 1.12. The van der Waals surface area contributed by atoms with E-state index in [-0.39, 0.29) is 0 Å². The van der Waals surface area contributed by atoms with Gasteiger partial charge in [0, 0.05) is 38.9 Å². The fourth-order valence-electron chi connectivity index (χ4n) is 3.26. The fourth-order valence-corrected chi connectivity index (χ4v) is 3.46. The van der Waals surface area contributed by atoms with E-state index in [1.165, 1.54) is 0 Å². The Morgan fingerprint density at radius 2 is 1.93 bits per heavy atom. The molecule has 4 rings (SSSR count). The van der Waals surface area contributed by atoms with E-state index in [1.54, 1.807) is 0 Å². The molecular formula is C20H24N6OS. The number of H-pyrrole nitrogens is 1. The summed E-state index contributed by atoms with van der Waals surface area (Å²) in [6, 6.07) is 9.94. The highest BCUT2D eigenvalue weighted by Gasteiger charge is 2.18. The van der Waals surface area contributed by atoms with E-state index in [9.17, 15) is 0 Å². The van der Waals surface area contributed by atoms with Crippen molar-refractivity contribution >= 4 is 24.4 Å². The summed E-state index contributed by atoms with van der Waals surface area (Å²) in [4.78, 5) is 13.6. The first kappa shape index (κ1) is 18.8. The largest absolute Gasteiger partial charge is 0.462 e. The van der Waals surface area contributed by atoms with Crippen molar-refractivity contribution in [3.8, 4) is 0 Å². The van der Waals surface area contributed by atoms with E-state index in [0.29, 0.717) is 4.77 Å². The van der Waals surface area contributed by atoms with E-state index in [4.69, 9.17) is 16.6 Å². The van der Waals surface area contributed by atoms with Crippen molar-refractivity contribution in [2.75, 3.05) is 26.2 Å². The highest BCUT2D eigenvalue weighted by atomic mass is 32.1. The number of aromatic nitrogens is 4. The van der Waals surface area contributed by atoms with E-state index in [2.05, 4.69) is 30.9 Å². The number of nitrogens with one attached hydrogen (secondary N) is 1. The maximum Gasteiger partial charge on any atom is 0.217 e. The normalized spacial score (nSPS) is 16.2. The minimum absolute atomic E-state index is 0.561. The van der Waals surface area contributed by atoms with Crippen molar-refractivity contribution < 1.29 is 4.42 Å². The third-order valence-corrected chi connectivity index (χ3v) is 5.09. The molecule has 8 heteroatoms. The Kier molecular flexibility index (Phi) is 5.80. The van der Waals surface area contributed by atoms with E-state index >= 15 is 0 Å². The van der Waals surface area contributed by atoms with Gasteiger partial charge >= 0.3 is 0 Å². The Bertz CT molecular complexity index is 982. The average Bonchev–Trinajstić information content (AvgIpc) is 3.28. The Hall–Kier alpha value is -2.55. The van der Waals surface area contributed by atoms with Gasteiger partial charge in [0.05, 0.1) is 12.4 Å². The lowest BCUT2D eigenvalue weighted by atomic mass is 10.3. The lowest BCUT2D eigenvalue weighted by Gasteiger charge is -2.34. The molecule has 0 bridgehead atoms. The Labute approximate surface area is 169 Å². The monoisotopic (exact) mass is 396 g/mol. The van der Waals surface area contributed by atoms with Crippen molar-refractivity contribution in [2.45, 2.75) is 20.1 Å². The first-order valence-electron chi connectivity index (χ1n) is 9.42. The summed E-state index contributed by atoms with van der Waals surface area (Å²) in [6.07, 6.45) is 5.63. The number of piperazine rings is 1. The van der Waals surface area contributed by atoms with Gasteiger partial charge in [-0.15, -0.1) is 0 Å². The number of hydrogen-bond donors (Lipinski definition) is 1. The Morgan fingerprint density at radius 1 is 1.11 bits per heavy atom.